The molecule has 1 amide bonds. The van der Waals surface area contributed by atoms with Gasteiger partial charge in [-0.05, 0) is 37.0 Å². The van der Waals surface area contributed by atoms with Crippen molar-refractivity contribution in [1.82, 2.24) is 19.9 Å². The van der Waals surface area contributed by atoms with E-state index < -0.39 is 0 Å². The van der Waals surface area contributed by atoms with Crippen LogP contribution in [0.15, 0.2) is 42.7 Å². The van der Waals surface area contributed by atoms with Crippen molar-refractivity contribution in [3.05, 3.63) is 59.7 Å². The zero-order valence-electron chi connectivity index (χ0n) is 16.0. The van der Waals surface area contributed by atoms with Gasteiger partial charge in [0.2, 0.25) is 5.91 Å². The average Bonchev–Trinajstić information content (AvgIpc) is 3.22. The number of carbonyl (C=O) groups is 1. The van der Waals surface area contributed by atoms with Gasteiger partial charge < -0.3 is 9.80 Å². The lowest BCUT2D eigenvalue weighted by Gasteiger charge is -2.31. The number of carbonyl (C=O) groups excluding carboxylic acids is 1. The molecule has 2 aliphatic rings. The molecule has 6 nitrogen and oxygen atoms in total. The van der Waals surface area contributed by atoms with E-state index in [-0.39, 0.29) is 11.8 Å². The predicted octanol–water partition coefficient (Wildman–Crippen LogP) is 2.74. The molecular weight excluding hydrogens is 350 g/mol. The molecule has 0 saturated carbocycles. The van der Waals surface area contributed by atoms with E-state index in [1.54, 1.807) is 12.4 Å². The molecule has 1 atom stereocenters. The minimum Gasteiger partial charge on any atom is -0.355 e. The molecule has 0 spiro atoms. The van der Waals surface area contributed by atoms with Crippen LogP contribution in [0.2, 0.25) is 0 Å². The molecule has 1 saturated heterocycles. The van der Waals surface area contributed by atoms with Gasteiger partial charge in [0, 0.05) is 37.8 Å². The van der Waals surface area contributed by atoms with Gasteiger partial charge in [0.15, 0.2) is 0 Å². The fourth-order valence-electron chi connectivity index (χ4n) is 4.41. The maximum absolute atomic E-state index is 13.2. The van der Waals surface area contributed by atoms with E-state index in [4.69, 9.17) is 0 Å². The number of hydrogen-bond donors (Lipinski definition) is 0. The lowest BCUT2D eigenvalue weighted by Crippen LogP contribution is -2.40. The first-order valence-corrected chi connectivity index (χ1v) is 9.88. The number of amides is 1. The van der Waals surface area contributed by atoms with Crippen LogP contribution in [-0.2, 0) is 17.8 Å². The Balaban J connectivity index is 1.35. The monoisotopic (exact) mass is 373 g/mol. The van der Waals surface area contributed by atoms with Crippen LogP contribution in [0.5, 0.6) is 0 Å². The summed E-state index contributed by atoms with van der Waals surface area (Å²) in [6, 6.07) is 10.4. The maximum atomic E-state index is 13.2. The summed E-state index contributed by atoms with van der Waals surface area (Å²) in [5.41, 5.74) is 3.51. The third-order valence-electron chi connectivity index (χ3n) is 5.87. The molecule has 1 aromatic carbocycles. The second-order valence-corrected chi connectivity index (χ2v) is 7.70. The van der Waals surface area contributed by atoms with Crippen LogP contribution in [0, 0.1) is 12.8 Å². The molecule has 2 aliphatic heterocycles. The topological polar surface area (TPSA) is 62.2 Å². The minimum atomic E-state index is 0.0254. The first-order valence-electron chi connectivity index (χ1n) is 9.88. The van der Waals surface area contributed by atoms with Crippen molar-refractivity contribution in [3.63, 3.8) is 0 Å². The van der Waals surface area contributed by atoms with Crippen LogP contribution in [0.1, 0.15) is 23.4 Å². The molecule has 28 heavy (non-hydrogen) atoms. The summed E-state index contributed by atoms with van der Waals surface area (Å²) in [6.45, 7) is 5.00. The van der Waals surface area contributed by atoms with Crippen molar-refractivity contribution in [3.8, 4) is 0 Å². The molecule has 142 valence electrons. The van der Waals surface area contributed by atoms with Crippen LogP contribution < -0.4 is 4.90 Å². The fraction of sp³-hybridized carbons (Fsp3) is 0.364. The zero-order chi connectivity index (χ0) is 19.1. The predicted molar refractivity (Wildman–Crippen MR) is 108 cm³/mol. The molecule has 5 rings (SSSR count). The number of nitrogens with zero attached hydrogens (tertiary/aromatic N) is 5. The Morgan fingerprint density at radius 1 is 1.11 bits per heavy atom. The molecule has 4 heterocycles. The Kier molecular flexibility index (Phi) is 4.19. The fourth-order valence-corrected chi connectivity index (χ4v) is 4.41. The zero-order valence-corrected chi connectivity index (χ0v) is 16.0. The standard InChI is InChI=1S/C22H23N5O/c1-15-24-20-12-23-9-6-19(20)21(25-15)26-10-8-18(14-26)22(28)27-11-7-16-4-2-3-5-17(16)13-27/h2-6,9,12,18H,7-8,10-11,13-14H2,1H3. The van der Waals surface area contributed by atoms with Crippen molar-refractivity contribution in [2.45, 2.75) is 26.3 Å². The summed E-state index contributed by atoms with van der Waals surface area (Å²) in [5, 5.41) is 1.00. The molecule has 0 radical (unpaired) electrons. The van der Waals surface area contributed by atoms with Crippen LogP contribution >= 0.6 is 0 Å². The number of hydrogen-bond acceptors (Lipinski definition) is 5. The Bertz CT molecular complexity index is 1050. The highest BCUT2D eigenvalue weighted by atomic mass is 16.2. The Hall–Kier alpha value is -3.02. The highest BCUT2D eigenvalue weighted by Gasteiger charge is 2.34. The SMILES string of the molecule is Cc1nc(N2CCC(C(=O)N3CCc4ccccc4C3)C2)c2ccncc2n1. The van der Waals surface area contributed by atoms with E-state index in [2.05, 4.69) is 44.1 Å². The number of rotatable bonds is 2. The maximum Gasteiger partial charge on any atom is 0.227 e. The van der Waals surface area contributed by atoms with E-state index in [0.29, 0.717) is 6.54 Å². The van der Waals surface area contributed by atoms with Gasteiger partial charge in [-0.1, -0.05) is 24.3 Å². The normalized spacial score (nSPS) is 19.1. The van der Waals surface area contributed by atoms with Crippen LogP contribution in [0.3, 0.4) is 0 Å². The first kappa shape index (κ1) is 17.1. The van der Waals surface area contributed by atoms with Crippen molar-refractivity contribution in [1.29, 1.82) is 0 Å². The summed E-state index contributed by atoms with van der Waals surface area (Å²) < 4.78 is 0. The minimum absolute atomic E-state index is 0.0254. The summed E-state index contributed by atoms with van der Waals surface area (Å²) in [4.78, 5) is 30.8. The van der Waals surface area contributed by atoms with E-state index in [9.17, 15) is 4.79 Å². The third kappa shape index (κ3) is 2.99. The van der Waals surface area contributed by atoms with Crippen molar-refractivity contribution < 1.29 is 4.79 Å². The largest absolute Gasteiger partial charge is 0.355 e. The molecule has 3 aromatic rings. The van der Waals surface area contributed by atoms with E-state index in [1.165, 1.54) is 11.1 Å². The van der Waals surface area contributed by atoms with Gasteiger partial charge in [-0.3, -0.25) is 9.78 Å². The Labute approximate surface area is 164 Å². The second-order valence-electron chi connectivity index (χ2n) is 7.70. The number of benzene rings is 1. The van der Waals surface area contributed by atoms with Gasteiger partial charge in [-0.2, -0.15) is 0 Å². The molecule has 6 heteroatoms. The summed E-state index contributed by atoms with van der Waals surface area (Å²) in [5.74, 6) is 1.95. The quantitative estimate of drug-likeness (QED) is 0.691. The van der Waals surface area contributed by atoms with Crippen molar-refractivity contribution in [2.75, 3.05) is 24.5 Å². The van der Waals surface area contributed by atoms with Gasteiger partial charge in [0.25, 0.3) is 0 Å². The number of aryl methyl sites for hydroxylation is 1. The van der Waals surface area contributed by atoms with Gasteiger partial charge in [0.1, 0.15) is 11.6 Å². The molecular formula is C22H23N5O. The van der Waals surface area contributed by atoms with Crippen molar-refractivity contribution in [2.24, 2.45) is 5.92 Å². The molecule has 0 aliphatic carbocycles. The van der Waals surface area contributed by atoms with Gasteiger partial charge in [0.05, 0.1) is 17.6 Å². The average molecular weight is 373 g/mol. The highest BCUT2D eigenvalue weighted by Crippen LogP contribution is 2.30. The van der Waals surface area contributed by atoms with Crippen LogP contribution in [0.25, 0.3) is 10.9 Å². The Morgan fingerprint density at radius 3 is 2.86 bits per heavy atom. The van der Waals surface area contributed by atoms with E-state index in [0.717, 1.165) is 55.0 Å². The molecule has 2 aromatic heterocycles. The summed E-state index contributed by atoms with van der Waals surface area (Å²) in [7, 11) is 0. The first-order chi connectivity index (χ1) is 13.7. The van der Waals surface area contributed by atoms with Crippen LogP contribution in [0.4, 0.5) is 5.82 Å². The van der Waals surface area contributed by atoms with E-state index >= 15 is 0 Å². The number of aromatic nitrogens is 3. The smallest absolute Gasteiger partial charge is 0.227 e. The highest BCUT2D eigenvalue weighted by molar-refractivity contribution is 5.89. The van der Waals surface area contributed by atoms with Crippen molar-refractivity contribution >= 4 is 22.6 Å². The molecule has 1 fully saturated rings. The van der Waals surface area contributed by atoms with Crippen LogP contribution in [-0.4, -0.2) is 45.4 Å². The third-order valence-corrected chi connectivity index (χ3v) is 5.87. The number of anilines is 1. The van der Waals surface area contributed by atoms with Gasteiger partial charge in [-0.25, -0.2) is 9.97 Å². The molecule has 0 bridgehead atoms. The summed E-state index contributed by atoms with van der Waals surface area (Å²) >= 11 is 0. The lowest BCUT2D eigenvalue weighted by atomic mass is 9.98. The van der Waals surface area contributed by atoms with E-state index in [1.807, 2.05) is 17.9 Å². The molecule has 1 unspecified atom stereocenters. The summed E-state index contributed by atoms with van der Waals surface area (Å²) in [6.07, 6.45) is 5.36. The Morgan fingerprint density at radius 2 is 1.96 bits per heavy atom. The molecule has 0 N–H and O–H groups in total. The van der Waals surface area contributed by atoms with Gasteiger partial charge >= 0.3 is 0 Å². The number of pyridine rings is 1. The lowest BCUT2D eigenvalue weighted by molar-refractivity contribution is -0.135. The second kappa shape index (κ2) is 6.86. The van der Waals surface area contributed by atoms with Gasteiger partial charge in [-0.15, -0.1) is 0 Å². The number of fused-ring (bicyclic) bond motifs is 2.